The molecular weight excluding hydrogens is 258 g/mol. The average molecular weight is 277 g/mol. The van der Waals surface area contributed by atoms with Gasteiger partial charge >= 0.3 is 0 Å². The second kappa shape index (κ2) is 5.57. The maximum atomic E-state index is 12.7. The molecule has 0 aliphatic heterocycles. The number of aromatic nitrogens is 1. The fourth-order valence-corrected chi connectivity index (χ4v) is 2.84. The van der Waals surface area contributed by atoms with Crippen LogP contribution in [0.1, 0.15) is 24.5 Å². The minimum atomic E-state index is 0.126. The van der Waals surface area contributed by atoms with Crippen molar-refractivity contribution in [2.45, 2.75) is 26.7 Å². The molecule has 0 aliphatic rings. The first-order valence-corrected chi connectivity index (χ1v) is 7.42. The molecule has 0 saturated heterocycles. The van der Waals surface area contributed by atoms with Gasteiger partial charge in [-0.25, -0.2) is 0 Å². The van der Waals surface area contributed by atoms with Crippen LogP contribution in [0.25, 0.3) is 22.2 Å². The van der Waals surface area contributed by atoms with Gasteiger partial charge in [0.25, 0.3) is 0 Å². The summed E-state index contributed by atoms with van der Waals surface area (Å²) in [7, 11) is 0. The van der Waals surface area contributed by atoms with Crippen molar-refractivity contribution in [3.05, 3.63) is 69.9 Å². The summed E-state index contributed by atoms with van der Waals surface area (Å²) in [5, 5.41) is 0.790. The lowest BCUT2D eigenvalue weighted by Crippen LogP contribution is -2.10. The van der Waals surface area contributed by atoms with Crippen molar-refractivity contribution in [1.82, 2.24) is 4.98 Å². The van der Waals surface area contributed by atoms with E-state index in [1.807, 2.05) is 49.4 Å². The number of aryl methyl sites for hydroxylation is 1. The van der Waals surface area contributed by atoms with E-state index in [0.717, 1.165) is 40.6 Å². The van der Waals surface area contributed by atoms with E-state index in [9.17, 15) is 4.79 Å². The fraction of sp³-hybridized carbons (Fsp3) is 0.211. The Labute approximate surface area is 124 Å². The van der Waals surface area contributed by atoms with Crippen molar-refractivity contribution in [3.63, 3.8) is 0 Å². The third-order valence-corrected chi connectivity index (χ3v) is 3.94. The highest BCUT2D eigenvalue weighted by Gasteiger charge is 2.11. The lowest BCUT2D eigenvalue weighted by atomic mass is 10.0. The Bertz CT molecular complexity index is 831. The second-order valence-electron chi connectivity index (χ2n) is 5.41. The van der Waals surface area contributed by atoms with Crippen LogP contribution >= 0.6 is 0 Å². The molecule has 2 aromatic carbocycles. The number of pyridine rings is 1. The molecule has 106 valence electrons. The minimum Gasteiger partial charge on any atom is -0.354 e. The van der Waals surface area contributed by atoms with E-state index in [2.05, 4.69) is 18.0 Å². The van der Waals surface area contributed by atoms with Crippen molar-refractivity contribution in [2.24, 2.45) is 0 Å². The summed E-state index contributed by atoms with van der Waals surface area (Å²) >= 11 is 0. The molecule has 3 rings (SSSR count). The SMILES string of the molecule is CCCc1cccc2c(=O)c(C)c(-c3ccccc3)[nH]c12. The number of benzene rings is 2. The second-order valence-corrected chi connectivity index (χ2v) is 5.41. The van der Waals surface area contributed by atoms with Crippen LogP contribution in [0, 0.1) is 6.92 Å². The molecule has 1 N–H and O–H groups in total. The van der Waals surface area contributed by atoms with E-state index in [0.29, 0.717) is 0 Å². The van der Waals surface area contributed by atoms with Gasteiger partial charge in [0.2, 0.25) is 0 Å². The van der Waals surface area contributed by atoms with Gasteiger partial charge in [-0.1, -0.05) is 55.8 Å². The number of rotatable bonds is 3. The van der Waals surface area contributed by atoms with Crippen LogP contribution in [0.5, 0.6) is 0 Å². The Balaban J connectivity index is 2.35. The van der Waals surface area contributed by atoms with E-state index in [-0.39, 0.29) is 5.43 Å². The standard InChI is InChI=1S/C19H19NO/c1-3-8-14-11-7-12-16-18(14)20-17(13(2)19(16)21)15-9-5-4-6-10-15/h4-7,9-12H,3,8H2,1-2H3,(H,20,21). The quantitative estimate of drug-likeness (QED) is 0.753. The van der Waals surface area contributed by atoms with Crippen LogP contribution in [-0.4, -0.2) is 4.98 Å². The molecule has 0 fully saturated rings. The fourth-order valence-electron chi connectivity index (χ4n) is 2.84. The smallest absolute Gasteiger partial charge is 0.192 e. The Morgan fingerprint density at radius 2 is 1.76 bits per heavy atom. The first-order chi connectivity index (χ1) is 10.2. The predicted octanol–water partition coefficient (Wildman–Crippen LogP) is 4.46. The molecular formula is C19H19NO. The normalized spacial score (nSPS) is 11.0. The van der Waals surface area contributed by atoms with Crippen molar-refractivity contribution >= 4 is 10.9 Å². The van der Waals surface area contributed by atoms with Gasteiger partial charge in [0.05, 0.1) is 11.2 Å². The van der Waals surface area contributed by atoms with Gasteiger partial charge in [0, 0.05) is 10.9 Å². The predicted molar refractivity (Wildman–Crippen MR) is 88.7 cm³/mol. The molecule has 0 amide bonds. The lowest BCUT2D eigenvalue weighted by Gasteiger charge is -2.11. The third kappa shape index (κ3) is 2.38. The summed E-state index contributed by atoms with van der Waals surface area (Å²) in [6, 6.07) is 16.0. The van der Waals surface area contributed by atoms with E-state index in [1.165, 1.54) is 5.56 Å². The van der Waals surface area contributed by atoms with Crippen LogP contribution in [0.4, 0.5) is 0 Å². The van der Waals surface area contributed by atoms with Gasteiger partial charge < -0.3 is 4.98 Å². The topological polar surface area (TPSA) is 32.9 Å². The van der Waals surface area contributed by atoms with E-state index in [4.69, 9.17) is 0 Å². The molecule has 0 saturated carbocycles. The van der Waals surface area contributed by atoms with Gasteiger partial charge in [-0.2, -0.15) is 0 Å². The van der Waals surface area contributed by atoms with Crippen molar-refractivity contribution in [3.8, 4) is 11.3 Å². The van der Waals surface area contributed by atoms with Crippen LogP contribution in [0.2, 0.25) is 0 Å². The summed E-state index contributed by atoms with van der Waals surface area (Å²) in [4.78, 5) is 16.2. The Hall–Kier alpha value is -2.35. The highest BCUT2D eigenvalue weighted by atomic mass is 16.1. The van der Waals surface area contributed by atoms with Gasteiger partial charge in [-0.15, -0.1) is 0 Å². The number of para-hydroxylation sites is 1. The summed E-state index contributed by atoms with van der Waals surface area (Å²) < 4.78 is 0. The van der Waals surface area contributed by atoms with E-state index >= 15 is 0 Å². The molecule has 0 radical (unpaired) electrons. The van der Waals surface area contributed by atoms with Crippen LogP contribution in [0.15, 0.2) is 53.3 Å². The number of nitrogens with one attached hydrogen (secondary N) is 1. The molecule has 21 heavy (non-hydrogen) atoms. The van der Waals surface area contributed by atoms with Crippen LogP contribution in [0.3, 0.4) is 0 Å². The zero-order valence-corrected chi connectivity index (χ0v) is 12.4. The Kier molecular flexibility index (Phi) is 3.61. The Morgan fingerprint density at radius 3 is 2.48 bits per heavy atom. The summed E-state index contributed by atoms with van der Waals surface area (Å²) in [5.41, 5.74) is 5.08. The Morgan fingerprint density at radius 1 is 1.00 bits per heavy atom. The van der Waals surface area contributed by atoms with Crippen molar-refractivity contribution < 1.29 is 0 Å². The third-order valence-electron chi connectivity index (χ3n) is 3.94. The minimum absolute atomic E-state index is 0.126. The monoisotopic (exact) mass is 277 g/mol. The van der Waals surface area contributed by atoms with Crippen molar-refractivity contribution in [2.75, 3.05) is 0 Å². The number of fused-ring (bicyclic) bond motifs is 1. The summed E-state index contributed by atoms with van der Waals surface area (Å²) in [6.45, 7) is 4.05. The number of hydrogen-bond donors (Lipinski definition) is 1. The highest BCUT2D eigenvalue weighted by molar-refractivity contribution is 5.85. The largest absolute Gasteiger partial charge is 0.354 e. The molecule has 0 spiro atoms. The first-order valence-electron chi connectivity index (χ1n) is 7.42. The maximum absolute atomic E-state index is 12.7. The molecule has 0 bridgehead atoms. The summed E-state index contributed by atoms with van der Waals surface area (Å²) in [6.07, 6.45) is 2.04. The number of aromatic amines is 1. The molecule has 3 aromatic rings. The van der Waals surface area contributed by atoms with E-state index < -0.39 is 0 Å². The first kappa shape index (κ1) is 13.6. The molecule has 1 heterocycles. The molecule has 2 nitrogen and oxygen atoms in total. The molecule has 0 aliphatic carbocycles. The molecule has 1 aromatic heterocycles. The van der Waals surface area contributed by atoms with Crippen molar-refractivity contribution in [1.29, 1.82) is 0 Å². The van der Waals surface area contributed by atoms with Gasteiger partial charge in [-0.05, 0) is 30.5 Å². The zero-order valence-electron chi connectivity index (χ0n) is 12.4. The molecule has 2 heteroatoms. The number of hydrogen-bond acceptors (Lipinski definition) is 1. The van der Waals surface area contributed by atoms with Crippen LogP contribution < -0.4 is 5.43 Å². The molecule has 0 unspecified atom stereocenters. The maximum Gasteiger partial charge on any atom is 0.192 e. The van der Waals surface area contributed by atoms with Gasteiger partial charge in [0.15, 0.2) is 5.43 Å². The lowest BCUT2D eigenvalue weighted by molar-refractivity contribution is 0.926. The molecule has 0 atom stereocenters. The van der Waals surface area contributed by atoms with Gasteiger partial charge in [0.1, 0.15) is 0 Å². The highest BCUT2D eigenvalue weighted by Crippen LogP contribution is 2.24. The average Bonchev–Trinajstić information content (AvgIpc) is 2.52. The van der Waals surface area contributed by atoms with Crippen LogP contribution in [-0.2, 0) is 6.42 Å². The van der Waals surface area contributed by atoms with Gasteiger partial charge in [-0.3, -0.25) is 4.79 Å². The zero-order chi connectivity index (χ0) is 14.8. The number of H-pyrrole nitrogens is 1. The van der Waals surface area contributed by atoms with E-state index in [1.54, 1.807) is 0 Å². The summed E-state index contributed by atoms with van der Waals surface area (Å²) in [5.74, 6) is 0.